The molecule has 8 heteroatoms. The van der Waals surface area contributed by atoms with Crippen LogP contribution in [0.15, 0.2) is 78.9 Å². The van der Waals surface area contributed by atoms with E-state index in [1.807, 2.05) is 30.3 Å². The van der Waals surface area contributed by atoms with Crippen molar-refractivity contribution in [2.75, 3.05) is 5.32 Å². The number of benzene rings is 3. The highest BCUT2D eigenvalue weighted by atomic mass is 16.6. The molecule has 31 heavy (non-hydrogen) atoms. The third kappa shape index (κ3) is 6.14. The van der Waals surface area contributed by atoms with E-state index in [0.717, 1.165) is 0 Å². The molecule has 0 aromatic heterocycles. The van der Waals surface area contributed by atoms with Crippen molar-refractivity contribution in [3.63, 3.8) is 0 Å². The zero-order valence-corrected chi connectivity index (χ0v) is 16.7. The van der Waals surface area contributed by atoms with Crippen molar-refractivity contribution < 1.29 is 24.0 Å². The number of amides is 1. The Hall–Kier alpha value is -4.20. The number of esters is 1. The maximum atomic E-state index is 12.3. The first kappa shape index (κ1) is 21.5. The summed E-state index contributed by atoms with van der Waals surface area (Å²) < 4.78 is 10.8. The van der Waals surface area contributed by atoms with E-state index in [2.05, 4.69) is 5.32 Å². The lowest BCUT2D eigenvalue weighted by Crippen LogP contribution is -2.30. The molecule has 1 N–H and O–H groups in total. The minimum Gasteiger partial charge on any atom is -0.457 e. The monoisotopic (exact) mass is 420 g/mol. The van der Waals surface area contributed by atoms with E-state index in [9.17, 15) is 19.7 Å². The highest BCUT2D eigenvalue weighted by molar-refractivity contribution is 5.95. The van der Waals surface area contributed by atoms with Crippen LogP contribution in [-0.2, 0) is 20.7 Å². The largest absolute Gasteiger partial charge is 0.457 e. The Morgan fingerprint density at radius 3 is 2.23 bits per heavy atom. The molecule has 8 nitrogen and oxygen atoms in total. The molecular weight excluding hydrogens is 400 g/mol. The standard InChI is InChI=1S/C23H20N2O6/c1-16(30-22(26)15-17-7-5-6-10-21(17)25(28)29)23(27)24-18-11-13-20(14-12-18)31-19-8-3-2-4-9-19/h2-14,16H,15H2,1H3,(H,24,27). The van der Waals surface area contributed by atoms with Crippen molar-refractivity contribution in [3.05, 3.63) is 94.5 Å². The van der Waals surface area contributed by atoms with Gasteiger partial charge in [0.2, 0.25) is 0 Å². The lowest BCUT2D eigenvalue weighted by Gasteiger charge is -2.14. The fourth-order valence-corrected chi connectivity index (χ4v) is 2.76. The van der Waals surface area contributed by atoms with Crippen LogP contribution in [0.5, 0.6) is 11.5 Å². The normalized spacial score (nSPS) is 11.3. The van der Waals surface area contributed by atoms with E-state index >= 15 is 0 Å². The fourth-order valence-electron chi connectivity index (χ4n) is 2.76. The van der Waals surface area contributed by atoms with E-state index in [4.69, 9.17) is 9.47 Å². The first-order chi connectivity index (χ1) is 14.9. The van der Waals surface area contributed by atoms with Crippen LogP contribution in [0.1, 0.15) is 12.5 Å². The van der Waals surface area contributed by atoms with Crippen molar-refractivity contribution in [2.24, 2.45) is 0 Å². The molecule has 1 unspecified atom stereocenters. The average Bonchev–Trinajstić information content (AvgIpc) is 2.76. The van der Waals surface area contributed by atoms with E-state index in [1.165, 1.54) is 25.1 Å². The second-order valence-electron chi connectivity index (χ2n) is 6.62. The number of carbonyl (C=O) groups excluding carboxylic acids is 2. The molecule has 0 saturated heterocycles. The zero-order valence-electron chi connectivity index (χ0n) is 16.7. The van der Waals surface area contributed by atoms with Crippen LogP contribution in [0.4, 0.5) is 11.4 Å². The Balaban J connectivity index is 1.53. The predicted molar refractivity (Wildman–Crippen MR) is 114 cm³/mol. The van der Waals surface area contributed by atoms with Gasteiger partial charge in [0.25, 0.3) is 11.6 Å². The van der Waals surface area contributed by atoms with Gasteiger partial charge in [-0.15, -0.1) is 0 Å². The molecule has 0 aliphatic heterocycles. The number of carbonyl (C=O) groups is 2. The zero-order chi connectivity index (χ0) is 22.2. The van der Waals surface area contributed by atoms with E-state index in [0.29, 0.717) is 17.2 Å². The van der Waals surface area contributed by atoms with Gasteiger partial charge >= 0.3 is 5.97 Å². The van der Waals surface area contributed by atoms with Crippen molar-refractivity contribution in [1.82, 2.24) is 0 Å². The first-order valence-corrected chi connectivity index (χ1v) is 9.48. The summed E-state index contributed by atoms with van der Waals surface area (Å²) in [6.45, 7) is 1.43. The van der Waals surface area contributed by atoms with Crippen molar-refractivity contribution in [3.8, 4) is 11.5 Å². The van der Waals surface area contributed by atoms with Gasteiger partial charge in [-0.05, 0) is 43.3 Å². The van der Waals surface area contributed by atoms with Crippen molar-refractivity contribution >= 4 is 23.3 Å². The minimum absolute atomic E-state index is 0.172. The van der Waals surface area contributed by atoms with Gasteiger partial charge in [-0.25, -0.2) is 0 Å². The first-order valence-electron chi connectivity index (χ1n) is 9.48. The van der Waals surface area contributed by atoms with Crippen LogP contribution < -0.4 is 10.1 Å². The van der Waals surface area contributed by atoms with Crippen molar-refractivity contribution in [1.29, 1.82) is 0 Å². The number of anilines is 1. The quantitative estimate of drug-likeness (QED) is 0.327. The lowest BCUT2D eigenvalue weighted by atomic mass is 10.1. The maximum Gasteiger partial charge on any atom is 0.311 e. The number of rotatable bonds is 8. The van der Waals surface area contributed by atoms with E-state index < -0.39 is 22.9 Å². The van der Waals surface area contributed by atoms with Crippen molar-refractivity contribution in [2.45, 2.75) is 19.4 Å². The van der Waals surface area contributed by atoms with Gasteiger partial charge in [0, 0.05) is 17.3 Å². The van der Waals surface area contributed by atoms with E-state index in [1.54, 1.807) is 30.3 Å². The van der Waals surface area contributed by atoms with Crippen LogP contribution in [0, 0.1) is 10.1 Å². The Kier molecular flexibility index (Phi) is 6.95. The third-order valence-electron chi connectivity index (χ3n) is 4.30. The minimum atomic E-state index is -1.07. The molecule has 0 aliphatic rings. The maximum absolute atomic E-state index is 12.3. The fraction of sp³-hybridized carbons (Fsp3) is 0.130. The number of hydrogen-bond donors (Lipinski definition) is 1. The molecule has 0 saturated carbocycles. The van der Waals surface area contributed by atoms with Crippen LogP contribution in [0.3, 0.4) is 0 Å². The van der Waals surface area contributed by atoms with Crippen LogP contribution in [-0.4, -0.2) is 22.9 Å². The summed E-state index contributed by atoms with van der Waals surface area (Å²) in [6, 6.07) is 21.9. The summed E-state index contributed by atoms with van der Waals surface area (Å²) in [7, 11) is 0. The molecule has 0 spiro atoms. The van der Waals surface area contributed by atoms with Gasteiger partial charge in [0.15, 0.2) is 6.10 Å². The Bertz CT molecular complexity index is 1070. The van der Waals surface area contributed by atoms with Gasteiger partial charge in [0.1, 0.15) is 11.5 Å². The number of nitro benzene ring substituents is 1. The molecule has 0 bridgehead atoms. The molecule has 0 radical (unpaired) electrons. The number of nitro groups is 1. The number of ether oxygens (including phenoxy) is 2. The Morgan fingerprint density at radius 1 is 0.935 bits per heavy atom. The summed E-state index contributed by atoms with van der Waals surface area (Å²) in [5, 5.41) is 13.7. The van der Waals surface area contributed by atoms with Gasteiger partial charge in [-0.1, -0.05) is 36.4 Å². The van der Waals surface area contributed by atoms with Crippen LogP contribution in [0.25, 0.3) is 0 Å². The summed E-state index contributed by atoms with van der Waals surface area (Å²) in [4.78, 5) is 34.9. The number of para-hydroxylation sites is 2. The lowest BCUT2D eigenvalue weighted by molar-refractivity contribution is -0.385. The van der Waals surface area contributed by atoms with Gasteiger partial charge in [-0.2, -0.15) is 0 Å². The second kappa shape index (κ2) is 10.0. The molecule has 0 fully saturated rings. The molecule has 0 aliphatic carbocycles. The molecule has 1 amide bonds. The Labute approximate surface area is 178 Å². The summed E-state index contributed by atoms with van der Waals surface area (Å²) in [5.41, 5.74) is 0.556. The molecule has 3 aromatic rings. The summed E-state index contributed by atoms with van der Waals surface area (Å²) >= 11 is 0. The van der Waals surface area contributed by atoms with Gasteiger partial charge < -0.3 is 14.8 Å². The second-order valence-corrected chi connectivity index (χ2v) is 6.62. The van der Waals surface area contributed by atoms with Crippen LogP contribution in [0.2, 0.25) is 0 Å². The van der Waals surface area contributed by atoms with Gasteiger partial charge in [-0.3, -0.25) is 19.7 Å². The molecule has 158 valence electrons. The van der Waals surface area contributed by atoms with E-state index in [-0.39, 0.29) is 17.7 Å². The smallest absolute Gasteiger partial charge is 0.311 e. The highest BCUT2D eigenvalue weighted by Crippen LogP contribution is 2.23. The average molecular weight is 420 g/mol. The number of hydrogen-bond acceptors (Lipinski definition) is 6. The summed E-state index contributed by atoms with van der Waals surface area (Å²) in [5.74, 6) is 0.0443. The topological polar surface area (TPSA) is 108 Å². The van der Waals surface area contributed by atoms with Crippen LogP contribution >= 0.6 is 0 Å². The van der Waals surface area contributed by atoms with Gasteiger partial charge in [0.05, 0.1) is 11.3 Å². The Morgan fingerprint density at radius 2 is 1.55 bits per heavy atom. The number of nitrogens with one attached hydrogen (secondary N) is 1. The molecule has 0 heterocycles. The number of nitrogens with zero attached hydrogens (tertiary/aromatic N) is 1. The molecule has 3 rings (SSSR count). The molecular formula is C23H20N2O6. The molecule has 3 aromatic carbocycles. The molecule has 1 atom stereocenters. The summed E-state index contributed by atoms with van der Waals surface area (Å²) in [6.07, 6.45) is -1.38. The SMILES string of the molecule is CC(OC(=O)Cc1ccccc1[N+](=O)[O-])C(=O)Nc1ccc(Oc2ccccc2)cc1. The predicted octanol–water partition coefficient (Wildman–Crippen LogP) is 4.50. The highest BCUT2D eigenvalue weighted by Gasteiger charge is 2.21. The third-order valence-corrected chi connectivity index (χ3v) is 4.30.